The summed E-state index contributed by atoms with van der Waals surface area (Å²) < 4.78 is 14.5. The molecular weight excluding hydrogens is 287 g/mol. The van der Waals surface area contributed by atoms with Gasteiger partial charge >= 0.3 is 0 Å². The topological polar surface area (TPSA) is 83.1 Å². The van der Waals surface area contributed by atoms with E-state index in [0.717, 1.165) is 24.3 Å². The Morgan fingerprint density at radius 1 is 1.41 bits per heavy atom. The second-order valence-electron chi connectivity index (χ2n) is 4.74. The van der Waals surface area contributed by atoms with Crippen molar-refractivity contribution in [3.63, 3.8) is 0 Å². The predicted octanol–water partition coefficient (Wildman–Crippen LogP) is 2.21. The Bertz CT molecular complexity index is 834. The van der Waals surface area contributed by atoms with Crippen LogP contribution < -0.4 is 5.56 Å². The molecule has 6 heteroatoms. The van der Waals surface area contributed by atoms with Gasteiger partial charge in [-0.05, 0) is 30.7 Å². The van der Waals surface area contributed by atoms with E-state index in [0.29, 0.717) is 13.0 Å². The maximum Gasteiger partial charge on any atom is 0.268 e. The first kappa shape index (κ1) is 15.4. The highest BCUT2D eigenvalue weighted by Gasteiger charge is 2.17. The molecule has 0 aliphatic carbocycles. The summed E-state index contributed by atoms with van der Waals surface area (Å²) in [6, 6.07) is 5.93. The quantitative estimate of drug-likeness (QED) is 0.877. The maximum absolute atomic E-state index is 13.3. The highest BCUT2D eigenvalue weighted by atomic mass is 19.1. The Morgan fingerprint density at radius 2 is 2.14 bits per heavy atom. The third-order valence-electron chi connectivity index (χ3n) is 3.14. The standard InChI is InChI=1S/C16H13FN2O3/c1-2-5-19-9-11(6-10(8-18)16(19)22)15(21)13-7-12(17)3-4-14(13)20/h3-4,6-7,9,20H,2,5H2,1H3. The van der Waals surface area contributed by atoms with E-state index in [2.05, 4.69) is 0 Å². The van der Waals surface area contributed by atoms with E-state index in [1.54, 1.807) is 6.07 Å². The molecule has 5 nitrogen and oxygen atoms in total. The summed E-state index contributed by atoms with van der Waals surface area (Å²) in [6.45, 7) is 2.20. The molecule has 0 saturated heterocycles. The predicted molar refractivity (Wildman–Crippen MR) is 77.2 cm³/mol. The number of benzene rings is 1. The third-order valence-corrected chi connectivity index (χ3v) is 3.14. The van der Waals surface area contributed by atoms with Gasteiger partial charge in [0.15, 0.2) is 5.78 Å². The summed E-state index contributed by atoms with van der Waals surface area (Å²) >= 11 is 0. The molecular formula is C16H13FN2O3. The number of aryl methyl sites for hydroxylation is 1. The van der Waals surface area contributed by atoms with E-state index < -0.39 is 17.2 Å². The molecule has 0 saturated carbocycles. The summed E-state index contributed by atoms with van der Waals surface area (Å²) in [5, 5.41) is 18.7. The molecule has 22 heavy (non-hydrogen) atoms. The Balaban J connectivity index is 2.59. The molecule has 0 aliphatic heterocycles. The fourth-order valence-corrected chi connectivity index (χ4v) is 2.09. The van der Waals surface area contributed by atoms with Crippen molar-refractivity contribution in [3.8, 4) is 11.8 Å². The number of phenolic OH excluding ortho intramolecular Hbond substituents is 1. The zero-order chi connectivity index (χ0) is 16.3. The molecule has 0 atom stereocenters. The van der Waals surface area contributed by atoms with Gasteiger partial charge in [-0.1, -0.05) is 6.92 Å². The van der Waals surface area contributed by atoms with Crippen LogP contribution in [-0.4, -0.2) is 15.5 Å². The van der Waals surface area contributed by atoms with Crippen LogP contribution in [0.5, 0.6) is 5.75 Å². The van der Waals surface area contributed by atoms with Gasteiger partial charge in [0, 0.05) is 18.3 Å². The van der Waals surface area contributed by atoms with Crippen LogP contribution in [0.15, 0.2) is 35.3 Å². The first-order chi connectivity index (χ1) is 10.5. The minimum absolute atomic E-state index is 0.0468. The zero-order valence-electron chi connectivity index (χ0n) is 11.8. The number of rotatable bonds is 4. The fraction of sp³-hybridized carbons (Fsp3) is 0.188. The molecule has 0 spiro atoms. The number of aromatic hydroxyl groups is 1. The van der Waals surface area contributed by atoms with E-state index in [1.807, 2.05) is 6.92 Å². The van der Waals surface area contributed by atoms with E-state index >= 15 is 0 Å². The van der Waals surface area contributed by atoms with Crippen LogP contribution in [0.2, 0.25) is 0 Å². The van der Waals surface area contributed by atoms with Gasteiger partial charge in [0.05, 0.1) is 5.56 Å². The Labute approximate surface area is 125 Å². The molecule has 2 aromatic rings. The summed E-state index contributed by atoms with van der Waals surface area (Å²) in [5.41, 5.74) is -0.823. The average Bonchev–Trinajstić information content (AvgIpc) is 2.51. The lowest BCUT2D eigenvalue weighted by Gasteiger charge is -2.09. The van der Waals surface area contributed by atoms with Gasteiger partial charge < -0.3 is 9.67 Å². The van der Waals surface area contributed by atoms with Gasteiger partial charge in [-0.25, -0.2) is 4.39 Å². The van der Waals surface area contributed by atoms with Crippen molar-refractivity contribution in [1.29, 1.82) is 5.26 Å². The molecule has 0 bridgehead atoms. The molecule has 0 fully saturated rings. The lowest BCUT2D eigenvalue weighted by atomic mass is 10.0. The molecule has 1 N–H and O–H groups in total. The smallest absolute Gasteiger partial charge is 0.268 e. The highest BCUT2D eigenvalue weighted by molar-refractivity contribution is 6.10. The number of hydrogen-bond acceptors (Lipinski definition) is 4. The lowest BCUT2D eigenvalue weighted by Crippen LogP contribution is -2.24. The van der Waals surface area contributed by atoms with Gasteiger partial charge in [-0.15, -0.1) is 0 Å². The van der Waals surface area contributed by atoms with Gasteiger partial charge in [-0.3, -0.25) is 9.59 Å². The minimum Gasteiger partial charge on any atom is -0.507 e. The summed E-state index contributed by atoms with van der Waals surface area (Å²) in [5.74, 6) is -1.68. The number of halogens is 1. The minimum atomic E-state index is -0.663. The van der Waals surface area contributed by atoms with E-state index in [9.17, 15) is 19.1 Å². The van der Waals surface area contributed by atoms with Gasteiger partial charge in [0.1, 0.15) is 23.2 Å². The van der Waals surface area contributed by atoms with Gasteiger partial charge in [-0.2, -0.15) is 5.26 Å². The number of aromatic nitrogens is 1. The molecule has 112 valence electrons. The number of nitrogens with zero attached hydrogens (tertiary/aromatic N) is 2. The van der Waals surface area contributed by atoms with Crippen molar-refractivity contribution >= 4 is 5.78 Å². The van der Waals surface area contributed by atoms with Crippen LogP contribution in [0.3, 0.4) is 0 Å². The molecule has 2 rings (SSSR count). The Morgan fingerprint density at radius 3 is 2.77 bits per heavy atom. The summed E-state index contributed by atoms with van der Waals surface area (Å²) in [6.07, 6.45) is 1.97. The summed E-state index contributed by atoms with van der Waals surface area (Å²) in [4.78, 5) is 24.3. The second kappa shape index (κ2) is 6.22. The van der Waals surface area contributed by atoms with Crippen LogP contribution in [0.4, 0.5) is 4.39 Å². The molecule has 0 unspecified atom stereocenters. The number of nitriles is 1. The normalized spacial score (nSPS) is 10.2. The first-order valence-corrected chi connectivity index (χ1v) is 6.65. The molecule has 0 radical (unpaired) electrons. The Hall–Kier alpha value is -2.94. The van der Waals surface area contributed by atoms with Crippen LogP contribution in [0, 0.1) is 17.1 Å². The fourth-order valence-electron chi connectivity index (χ4n) is 2.09. The number of carbonyl (C=O) groups excluding carboxylic acids is 1. The van der Waals surface area contributed by atoms with Crippen molar-refractivity contribution in [2.75, 3.05) is 0 Å². The number of phenols is 1. The van der Waals surface area contributed by atoms with Gasteiger partial charge in [0.2, 0.25) is 0 Å². The first-order valence-electron chi connectivity index (χ1n) is 6.65. The second-order valence-corrected chi connectivity index (χ2v) is 4.74. The molecule has 1 heterocycles. The monoisotopic (exact) mass is 300 g/mol. The van der Waals surface area contributed by atoms with E-state index in [1.165, 1.54) is 10.8 Å². The van der Waals surface area contributed by atoms with Crippen LogP contribution >= 0.6 is 0 Å². The van der Waals surface area contributed by atoms with Crippen LogP contribution in [-0.2, 0) is 6.54 Å². The summed E-state index contributed by atoms with van der Waals surface area (Å²) in [7, 11) is 0. The SMILES string of the molecule is CCCn1cc(C(=O)c2cc(F)ccc2O)cc(C#N)c1=O. The van der Waals surface area contributed by atoms with Gasteiger partial charge in [0.25, 0.3) is 5.56 Å². The number of hydrogen-bond donors (Lipinski definition) is 1. The average molecular weight is 300 g/mol. The maximum atomic E-state index is 13.3. The molecule has 0 amide bonds. The largest absolute Gasteiger partial charge is 0.507 e. The number of carbonyl (C=O) groups is 1. The van der Waals surface area contributed by atoms with Crippen molar-refractivity contribution < 1.29 is 14.3 Å². The molecule has 1 aromatic carbocycles. The highest BCUT2D eigenvalue weighted by Crippen LogP contribution is 2.21. The van der Waals surface area contributed by atoms with E-state index in [-0.39, 0.29) is 22.4 Å². The number of ketones is 1. The van der Waals surface area contributed by atoms with E-state index in [4.69, 9.17) is 5.26 Å². The number of pyridine rings is 1. The van der Waals surface area contributed by atoms with Crippen molar-refractivity contribution in [2.24, 2.45) is 0 Å². The third kappa shape index (κ3) is 2.88. The Kier molecular flexibility index (Phi) is 4.37. The van der Waals surface area contributed by atoms with Crippen molar-refractivity contribution in [2.45, 2.75) is 19.9 Å². The molecule has 1 aromatic heterocycles. The van der Waals surface area contributed by atoms with Crippen LogP contribution in [0.25, 0.3) is 0 Å². The lowest BCUT2D eigenvalue weighted by molar-refractivity contribution is 0.103. The zero-order valence-corrected chi connectivity index (χ0v) is 11.8. The molecule has 0 aliphatic rings. The van der Waals surface area contributed by atoms with Crippen molar-refractivity contribution in [1.82, 2.24) is 4.57 Å². The van der Waals surface area contributed by atoms with Crippen molar-refractivity contribution in [3.05, 3.63) is 63.3 Å². The van der Waals surface area contributed by atoms with Crippen LogP contribution in [0.1, 0.15) is 34.8 Å².